The van der Waals surface area contributed by atoms with Crippen LogP contribution in [0.1, 0.15) is 27.2 Å². The molecule has 1 rings (SSSR count). The Bertz CT molecular complexity index is 112. The number of nitrogens with one attached hydrogen (secondary N) is 1. The molecule has 1 aliphatic heterocycles. The molecule has 0 saturated carbocycles. The molecule has 1 aliphatic rings. The summed E-state index contributed by atoms with van der Waals surface area (Å²) in [5.74, 6) is 0. The Morgan fingerprint density at radius 3 is 2.70 bits per heavy atom. The molecule has 0 aromatic heterocycles. The normalized spacial score (nSPS) is 32.1. The lowest BCUT2D eigenvalue weighted by Gasteiger charge is -2.39. The van der Waals surface area contributed by atoms with Gasteiger partial charge in [0.15, 0.2) is 0 Å². The zero-order valence-corrected chi connectivity index (χ0v) is 7.11. The van der Waals surface area contributed by atoms with Gasteiger partial charge in [0.2, 0.25) is 0 Å². The van der Waals surface area contributed by atoms with Gasteiger partial charge in [-0.25, -0.2) is 0 Å². The quantitative estimate of drug-likeness (QED) is 0.595. The van der Waals surface area contributed by atoms with Gasteiger partial charge in [-0.2, -0.15) is 0 Å². The molecule has 0 aromatic carbocycles. The molecule has 1 saturated heterocycles. The van der Waals surface area contributed by atoms with Crippen LogP contribution in [0.5, 0.6) is 0 Å². The van der Waals surface area contributed by atoms with E-state index in [9.17, 15) is 0 Å². The molecule has 2 nitrogen and oxygen atoms in total. The van der Waals surface area contributed by atoms with Crippen molar-refractivity contribution in [2.45, 2.75) is 38.8 Å². The highest BCUT2D eigenvalue weighted by Gasteiger charge is 2.30. The van der Waals surface area contributed by atoms with Gasteiger partial charge in [0.05, 0.1) is 12.7 Å². The monoisotopic (exact) mass is 143 g/mol. The van der Waals surface area contributed by atoms with Gasteiger partial charge in [0.25, 0.3) is 0 Å². The summed E-state index contributed by atoms with van der Waals surface area (Å²) in [6, 6.07) is 0. The second kappa shape index (κ2) is 2.89. The highest BCUT2D eigenvalue weighted by atomic mass is 16.5. The van der Waals surface area contributed by atoms with Crippen molar-refractivity contribution in [3.05, 3.63) is 0 Å². The van der Waals surface area contributed by atoms with Gasteiger partial charge in [0, 0.05) is 12.1 Å². The van der Waals surface area contributed by atoms with Gasteiger partial charge in [-0.1, -0.05) is 6.92 Å². The van der Waals surface area contributed by atoms with Crippen LogP contribution < -0.4 is 5.32 Å². The van der Waals surface area contributed by atoms with Crippen LogP contribution in [0.15, 0.2) is 0 Å². The van der Waals surface area contributed by atoms with Crippen molar-refractivity contribution < 1.29 is 4.74 Å². The second-order valence-corrected chi connectivity index (χ2v) is 3.42. The molecule has 60 valence electrons. The molecule has 1 N–H and O–H groups in total. The molecule has 10 heavy (non-hydrogen) atoms. The van der Waals surface area contributed by atoms with Crippen molar-refractivity contribution in [1.29, 1.82) is 0 Å². The van der Waals surface area contributed by atoms with Crippen LogP contribution >= 0.6 is 0 Å². The first-order valence-electron chi connectivity index (χ1n) is 4.03. The maximum absolute atomic E-state index is 5.58. The molecule has 1 fully saturated rings. The van der Waals surface area contributed by atoms with Crippen LogP contribution in [-0.4, -0.2) is 24.8 Å². The van der Waals surface area contributed by atoms with Crippen molar-refractivity contribution in [2.24, 2.45) is 0 Å². The Morgan fingerprint density at radius 1 is 1.60 bits per heavy atom. The van der Waals surface area contributed by atoms with Crippen LogP contribution in [-0.2, 0) is 4.74 Å². The molecule has 1 heterocycles. The average Bonchev–Trinajstić information content (AvgIpc) is 1.87. The molecule has 2 heteroatoms. The van der Waals surface area contributed by atoms with Gasteiger partial charge in [-0.05, 0) is 20.3 Å². The SMILES string of the molecule is CCC1OCCNC1(C)C. The minimum atomic E-state index is 0.174. The van der Waals surface area contributed by atoms with E-state index in [0.29, 0.717) is 6.10 Å². The lowest BCUT2D eigenvalue weighted by atomic mass is 9.94. The Hall–Kier alpha value is -0.0800. The molecule has 0 spiro atoms. The van der Waals surface area contributed by atoms with Crippen LogP contribution in [0.3, 0.4) is 0 Å². The van der Waals surface area contributed by atoms with Crippen molar-refractivity contribution in [3.8, 4) is 0 Å². The summed E-state index contributed by atoms with van der Waals surface area (Å²) < 4.78 is 5.58. The van der Waals surface area contributed by atoms with Crippen LogP contribution in [0.4, 0.5) is 0 Å². The number of ether oxygens (including phenoxy) is 1. The summed E-state index contributed by atoms with van der Waals surface area (Å²) >= 11 is 0. The summed E-state index contributed by atoms with van der Waals surface area (Å²) in [6.07, 6.45) is 1.49. The Kier molecular flexibility index (Phi) is 2.32. The van der Waals surface area contributed by atoms with Gasteiger partial charge in [0.1, 0.15) is 0 Å². The number of morpholine rings is 1. The van der Waals surface area contributed by atoms with E-state index in [0.717, 1.165) is 19.6 Å². The minimum absolute atomic E-state index is 0.174. The van der Waals surface area contributed by atoms with Crippen molar-refractivity contribution >= 4 is 0 Å². The molecule has 0 aliphatic carbocycles. The first-order valence-corrected chi connectivity index (χ1v) is 4.03. The molecular weight excluding hydrogens is 126 g/mol. The Morgan fingerprint density at radius 2 is 2.30 bits per heavy atom. The van der Waals surface area contributed by atoms with Crippen molar-refractivity contribution in [1.82, 2.24) is 5.32 Å². The summed E-state index contributed by atoms with van der Waals surface area (Å²) in [5, 5.41) is 3.43. The maximum atomic E-state index is 5.58. The van der Waals surface area contributed by atoms with E-state index in [4.69, 9.17) is 4.74 Å². The van der Waals surface area contributed by atoms with Crippen LogP contribution in [0.2, 0.25) is 0 Å². The van der Waals surface area contributed by atoms with E-state index < -0.39 is 0 Å². The lowest BCUT2D eigenvalue weighted by molar-refractivity contribution is -0.0381. The molecule has 1 unspecified atom stereocenters. The highest BCUT2D eigenvalue weighted by Crippen LogP contribution is 2.18. The fourth-order valence-electron chi connectivity index (χ4n) is 1.52. The Labute approximate surface area is 63.0 Å². The first kappa shape index (κ1) is 8.02. The summed E-state index contributed by atoms with van der Waals surface area (Å²) in [5.41, 5.74) is 0.174. The zero-order valence-electron chi connectivity index (χ0n) is 7.11. The third kappa shape index (κ3) is 1.50. The lowest BCUT2D eigenvalue weighted by Crippen LogP contribution is -2.55. The van der Waals surface area contributed by atoms with E-state index in [1.165, 1.54) is 0 Å². The first-order chi connectivity index (χ1) is 4.67. The van der Waals surface area contributed by atoms with Gasteiger partial charge in [-0.15, -0.1) is 0 Å². The molecule has 0 radical (unpaired) electrons. The van der Waals surface area contributed by atoms with E-state index in [1.54, 1.807) is 0 Å². The van der Waals surface area contributed by atoms with E-state index in [2.05, 4.69) is 26.1 Å². The number of rotatable bonds is 1. The van der Waals surface area contributed by atoms with Gasteiger partial charge in [-0.3, -0.25) is 0 Å². The second-order valence-electron chi connectivity index (χ2n) is 3.42. The van der Waals surface area contributed by atoms with Crippen molar-refractivity contribution in [2.75, 3.05) is 13.2 Å². The predicted octanol–water partition coefficient (Wildman–Crippen LogP) is 1.16. The van der Waals surface area contributed by atoms with E-state index in [1.807, 2.05) is 0 Å². The van der Waals surface area contributed by atoms with Gasteiger partial charge >= 0.3 is 0 Å². The third-order valence-corrected chi connectivity index (χ3v) is 2.18. The average molecular weight is 143 g/mol. The van der Waals surface area contributed by atoms with E-state index >= 15 is 0 Å². The highest BCUT2D eigenvalue weighted by molar-refractivity contribution is 4.88. The maximum Gasteiger partial charge on any atom is 0.0749 e. The standard InChI is InChI=1S/C8H17NO/c1-4-7-8(2,3)9-5-6-10-7/h7,9H,4-6H2,1-3H3. The predicted molar refractivity (Wildman–Crippen MR) is 42.1 cm³/mol. The zero-order chi connectivity index (χ0) is 7.61. The van der Waals surface area contributed by atoms with Gasteiger partial charge < -0.3 is 10.1 Å². The topological polar surface area (TPSA) is 21.3 Å². The minimum Gasteiger partial charge on any atom is -0.375 e. The Balaban J connectivity index is 2.51. The van der Waals surface area contributed by atoms with Crippen molar-refractivity contribution in [3.63, 3.8) is 0 Å². The molecule has 1 atom stereocenters. The van der Waals surface area contributed by atoms with Crippen LogP contribution in [0, 0.1) is 0 Å². The summed E-state index contributed by atoms with van der Waals surface area (Å²) in [7, 11) is 0. The number of hydrogen-bond donors (Lipinski definition) is 1. The summed E-state index contributed by atoms with van der Waals surface area (Å²) in [4.78, 5) is 0. The molecule has 0 bridgehead atoms. The summed E-state index contributed by atoms with van der Waals surface area (Å²) in [6.45, 7) is 8.41. The fourth-order valence-corrected chi connectivity index (χ4v) is 1.52. The molecule has 0 amide bonds. The largest absolute Gasteiger partial charge is 0.375 e. The van der Waals surface area contributed by atoms with E-state index in [-0.39, 0.29) is 5.54 Å². The third-order valence-electron chi connectivity index (χ3n) is 2.18. The van der Waals surface area contributed by atoms with Crippen LogP contribution in [0.25, 0.3) is 0 Å². The fraction of sp³-hybridized carbons (Fsp3) is 1.00. The molecular formula is C8H17NO. The molecule has 0 aromatic rings. The number of hydrogen-bond acceptors (Lipinski definition) is 2. The smallest absolute Gasteiger partial charge is 0.0749 e.